The van der Waals surface area contributed by atoms with E-state index in [1.165, 1.54) is 0 Å². The van der Waals surface area contributed by atoms with Crippen molar-refractivity contribution >= 4 is 23.4 Å². The molecule has 1 heterocycles. The van der Waals surface area contributed by atoms with E-state index in [2.05, 4.69) is 5.32 Å². The molecule has 0 saturated carbocycles. The van der Waals surface area contributed by atoms with E-state index in [0.29, 0.717) is 12.1 Å². The summed E-state index contributed by atoms with van der Waals surface area (Å²) in [7, 11) is 0. The summed E-state index contributed by atoms with van der Waals surface area (Å²) in [5, 5.41) is 2.69. The highest BCUT2D eigenvalue weighted by atomic mass is 16.2. The van der Waals surface area contributed by atoms with Crippen molar-refractivity contribution < 1.29 is 14.4 Å². The number of amides is 3. The maximum Gasteiger partial charge on any atom is 0.246 e. The Morgan fingerprint density at radius 1 is 1.40 bits per heavy atom. The van der Waals surface area contributed by atoms with Crippen LogP contribution in [0.3, 0.4) is 0 Å². The fraction of sp³-hybridized carbons (Fsp3) is 0.357. The zero-order valence-electron chi connectivity index (χ0n) is 11.3. The van der Waals surface area contributed by atoms with Gasteiger partial charge in [0.2, 0.25) is 17.7 Å². The number of nitrogens with two attached hydrogens (primary N) is 1. The van der Waals surface area contributed by atoms with Crippen LogP contribution in [0.25, 0.3) is 0 Å². The van der Waals surface area contributed by atoms with Gasteiger partial charge in [-0.2, -0.15) is 0 Å². The molecule has 0 spiro atoms. The Labute approximate surface area is 116 Å². The number of nitrogens with zero attached hydrogens (tertiary/aromatic N) is 1. The number of likely N-dealkylation sites (tertiary alicyclic amines) is 1. The van der Waals surface area contributed by atoms with Gasteiger partial charge in [0.1, 0.15) is 6.54 Å². The van der Waals surface area contributed by atoms with E-state index in [1.807, 2.05) is 19.1 Å². The molecular weight excluding hydrogens is 258 g/mol. The van der Waals surface area contributed by atoms with Crippen molar-refractivity contribution in [3.63, 3.8) is 0 Å². The first-order valence-electron chi connectivity index (χ1n) is 6.44. The van der Waals surface area contributed by atoms with Gasteiger partial charge in [0.05, 0.1) is 6.04 Å². The Balaban J connectivity index is 2.02. The summed E-state index contributed by atoms with van der Waals surface area (Å²) in [4.78, 5) is 36.3. The Morgan fingerprint density at radius 3 is 2.80 bits per heavy atom. The van der Waals surface area contributed by atoms with Crippen LogP contribution in [0.1, 0.15) is 18.4 Å². The Morgan fingerprint density at radius 2 is 2.10 bits per heavy atom. The van der Waals surface area contributed by atoms with E-state index < -0.39 is 17.9 Å². The smallest absolute Gasteiger partial charge is 0.246 e. The second-order valence-corrected chi connectivity index (χ2v) is 4.83. The topological polar surface area (TPSA) is 92.5 Å². The Kier molecular flexibility index (Phi) is 4.14. The third-order valence-electron chi connectivity index (χ3n) is 3.27. The molecule has 1 aromatic rings. The third kappa shape index (κ3) is 3.03. The van der Waals surface area contributed by atoms with Gasteiger partial charge in [-0.25, -0.2) is 0 Å². The van der Waals surface area contributed by atoms with Crippen LogP contribution in [0.15, 0.2) is 24.3 Å². The van der Waals surface area contributed by atoms with Crippen LogP contribution in [0.5, 0.6) is 0 Å². The molecule has 1 fully saturated rings. The number of anilines is 1. The van der Waals surface area contributed by atoms with Crippen LogP contribution in [-0.2, 0) is 14.4 Å². The van der Waals surface area contributed by atoms with E-state index in [0.717, 1.165) is 10.5 Å². The van der Waals surface area contributed by atoms with Crippen molar-refractivity contribution in [2.75, 3.05) is 11.9 Å². The number of rotatable bonds is 3. The number of hydrogen-bond donors (Lipinski definition) is 2. The summed E-state index contributed by atoms with van der Waals surface area (Å²) in [5.74, 6) is -1.24. The normalized spacial score (nSPS) is 19.1. The van der Waals surface area contributed by atoms with Crippen LogP contribution in [-0.4, -0.2) is 35.2 Å². The molecule has 6 heteroatoms. The number of piperidine rings is 1. The molecule has 1 unspecified atom stereocenters. The highest BCUT2D eigenvalue weighted by molar-refractivity contribution is 6.05. The number of carbonyl (C=O) groups is 3. The number of carbonyl (C=O) groups excluding carboxylic acids is 3. The molecule has 0 radical (unpaired) electrons. The molecule has 6 nitrogen and oxygen atoms in total. The van der Waals surface area contributed by atoms with Gasteiger partial charge in [-0.05, 0) is 25.0 Å². The molecule has 1 aliphatic rings. The molecule has 1 atom stereocenters. The lowest BCUT2D eigenvalue weighted by Crippen LogP contribution is -2.53. The van der Waals surface area contributed by atoms with Crippen LogP contribution in [0.2, 0.25) is 0 Å². The van der Waals surface area contributed by atoms with Gasteiger partial charge in [-0.1, -0.05) is 18.2 Å². The number of imide groups is 1. The van der Waals surface area contributed by atoms with E-state index >= 15 is 0 Å². The van der Waals surface area contributed by atoms with Crippen molar-refractivity contribution in [3.8, 4) is 0 Å². The number of nitrogens with one attached hydrogen (secondary N) is 1. The molecule has 106 valence electrons. The van der Waals surface area contributed by atoms with Gasteiger partial charge in [0.15, 0.2) is 0 Å². The maximum atomic E-state index is 11.9. The van der Waals surface area contributed by atoms with Crippen LogP contribution in [0, 0.1) is 6.92 Å². The van der Waals surface area contributed by atoms with E-state index in [4.69, 9.17) is 5.73 Å². The molecule has 2 rings (SSSR count). The summed E-state index contributed by atoms with van der Waals surface area (Å²) in [6.45, 7) is 1.57. The highest BCUT2D eigenvalue weighted by Gasteiger charge is 2.33. The van der Waals surface area contributed by atoms with E-state index in [1.54, 1.807) is 12.1 Å². The largest absolute Gasteiger partial charge is 0.324 e. The second kappa shape index (κ2) is 5.83. The molecule has 0 aliphatic carbocycles. The third-order valence-corrected chi connectivity index (χ3v) is 3.27. The van der Waals surface area contributed by atoms with Crippen molar-refractivity contribution in [1.29, 1.82) is 0 Å². The molecule has 1 saturated heterocycles. The lowest BCUT2D eigenvalue weighted by Gasteiger charge is -2.28. The minimum atomic E-state index is -0.695. The second-order valence-electron chi connectivity index (χ2n) is 4.83. The van der Waals surface area contributed by atoms with Gasteiger partial charge in [0, 0.05) is 12.1 Å². The first-order valence-corrected chi connectivity index (χ1v) is 6.44. The molecule has 0 aromatic heterocycles. The van der Waals surface area contributed by atoms with E-state index in [9.17, 15) is 14.4 Å². The minimum Gasteiger partial charge on any atom is -0.324 e. The quantitative estimate of drug-likeness (QED) is 0.781. The van der Waals surface area contributed by atoms with Crippen molar-refractivity contribution in [2.24, 2.45) is 5.73 Å². The average Bonchev–Trinajstić information content (AvgIpc) is 2.42. The summed E-state index contributed by atoms with van der Waals surface area (Å²) in [6.07, 6.45) is 0.540. The van der Waals surface area contributed by atoms with Crippen molar-refractivity contribution in [2.45, 2.75) is 25.8 Å². The molecule has 20 heavy (non-hydrogen) atoms. The first kappa shape index (κ1) is 14.2. The van der Waals surface area contributed by atoms with Gasteiger partial charge in [0.25, 0.3) is 0 Å². The van der Waals surface area contributed by atoms with Crippen LogP contribution in [0.4, 0.5) is 5.69 Å². The van der Waals surface area contributed by atoms with Gasteiger partial charge in [-0.3, -0.25) is 19.3 Å². The minimum absolute atomic E-state index is 0.199. The van der Waals surface area contributed by atoms with E-state index in [-0.39, 0.29) is 18.9 Å². The Bertz CT molecular complexity index is 556. The maximum absolute atomic E-state index is 11.9. The number of hydrogen-bond acceptors (Lipinski definition) is 4. The molecule has 1 aliphatic heterocycles. The zero-order chi connectivity index (χ0) is 14.7. The van der Waals surface area contributed by atoms with Crippen LogP contribution < -0.4 is 11.1 Å². The average molecular weight is 275 g/mol. The van der Waals surface area contributed by atoms with Crippen molar-refractivity contribution in [1.82, 2.24) is 4.90 Å². The summed E-state index contributed by atoms with van der Waals surface area (Å²) in [6, 6.07) is 6.60. The Hall–Kier alpha value is -2.21. The zero-order valence-corrected chi connectivity index (χ0v) is 11.3. The monoisotopic (exact) mass is 275 g/mol. The molecular formula is C14H17N3O3. The molecule has 1 aromatic carbocycles. The SMILES string of the molecule is Cc1ccccc1NC(=O)CN1C(=O)CCC(N)C1=O. The fourth-order valence-corrected chi connectivity index (χ4v) is 2.07. The number of aryl methyl sites for hydroxylation is 1. The fourth-order valence-electron chi connectivity index (χ4n) is 2.07. The van der Waals surface area contributed by atoms with Crippen LogP contribution >= 0.6 is 0 Å². The lowest BCUT2D eigenvalue weighted by atomic mass is 10.1. The number of para-hydroxylation sites is 1. The summed E-state index contributed by atoms with van der Waals surface area (Å²) >= 11 is 0. The summed E-state index contributed by atoms with van der Waals surface area (Å²) < 4.78 is 0. The standard InChI is InChI=1S/C14H17N3O3/c1-9-4-2-3-5-11(9)16-12(18)8-17-13(19)7-6-10(15)14(17)20/h2-5,10H,6-8,15H2,1H3,(H,16,18). The van der Waals surface area contributed by atoms with Gasteiger partial charge >= 0.3 is 0 Å². The predicted molar refractivity (Wildman–Crippen MR) is 73.7 cm³/mol. The first-order chi connectivity index (χ1) is 9.49. The highest BCUT2D eigenvalue weighted by Crippen LogP contribution is 2.14. The lowest BCUT2D eigenvalue weighted by molar-refractivity contribution is -0.151. The van der Waals surface area contributed by atoms with Gasteiger partial charge < -0.3 is 11.1 Å². The van der Waals surface area contributed by atoms with Crippen molar-refractivity contribution in [3.05, 3.63) is 29.8 Å². The number of benzene rings is 1. The molecule has 3 N–H and O–H groups in total. The summed E-state index contributed by atoms with van der Waals surface area (Å²) in [5.41, 5.74) is 7.18. The predicted octanol–water partition coefficient (Wildman–Crippen LogP) is 0.410. The molecule has 3 amide bonds. The molecule has 0 bridgehead atoms. The van der Waals surface area contributed by atoms with Gasteiger partial charge in [-0.15, -0.1) is 0 Å².